The summed E-state index contributed by atoms with van der Waals surface area (Å²) in [4.78, 5) is 18.7. The van der Waals surface area contributed by atoms with Crippen molar-refractivity contribution < 1.29 is 9.53 Å². The largest absolute Gasteiger partial charge is 0.444 e. The fraction of sp³-hybridized carbons (Fsp3) is 0.700. The number of carbonyl (C=O) groups is 1. The van der Waals surface area contributed by atoms with Gasteiger partial charge < -0.3 is 25.6 Å². The van der Waals surface area contributed by atoms with E-state index in [1.165, 1.54) is 5.00 Å². The van der Waals surface area contributed by atoms with E-state index in [1.54, 1.807) is 11.3 Å². The third-order valence-corrected chi connectivity index (χ3v) is 5.20. The highest BCUT2D eigenvalue weighted by Gasteiger charge is 2.20. The highest BCUT2D eigenvalue weighted by Crippen LogP contribution is 2.24. The van der Waals surface area contributed by atoms with Gasteiger partial charge in [-0.2, -0.15) is 0 Å². The molecule has 7 nitrogen and oxygen atoms in total. The molecule has 2 heterocycles. The van der Waals surface area contributed by atoms with Crippen LogP contribution in [0, 0.1) is 0 Å². The molecule has 0 aromatic carbocycles. The number of hydrogen-bond donors (Lipinski definition) is 3. The van der Waals surface area contributed by atoms with Crippen LogP contribution in [0.1, 0.15) is 47.0 Å². The van der Waals surface area contributed by atoms with Crippen molar-refractivity contribution in [1.82, 2.24) is 16.0 Å². The van der Waals surface area contributed by atoms with Crippen LogP contribution in [-0.2, 0) is 4.74 Å². The number of amides is 1. The molecule has 0 aliphatic carbocycles. The van der Waals surface area contributed by atoms with Crippen molar-refractivity contribution in [2.75, 3.05) is 37.6 Å². The second-order valence-electron chi connectivity index (χ2n) is 7.90. The maximum atomic E-state index is 11.6. The Balaban J connectivity index is 1.68. The molecular weight excluding hydrogens is 374 g/mol. The van der Waals surface area contributed by atoms with E-state index in [4.69, 9.17) is 4.74 Å². The molecule has 158 valence electrons. The minimum Gasteiger partial charge on any atom is -0.444 e. The average Bonchev–Trinajstić information content (AvgIpc) is 3.15. The van der Waals surface area contributed by atoms with Crippen molar-refractivity contribution >= 4 is 28.4 Å². The fourth-order valence-corrected chi connectivity index (χ4v) is 3.77. The number of piperidine rings is 1. The first kappa shape index (κ1) is 22.3. The van der Waals surface area contributed by atoms with Gasteiger partial charge in [-0.3, -0.25) is 4.99 Å². The molecule has 1 saturated heterocycles. The number of nitrogens with zero attached hydrogens (tertiary/aromatic N) is 2. The van der Waals surface area contributed by atoms with Crippen LogP contribution in [0.4, 0.5) is 9.80 Å². The normalized spacial score (nSPS) is 16.0. The van der Waals surface area contributed by atoms with Gasteiger partial charge >= 0.3 is 6.09 Å². The van der Waals surface area contributed by atoms with Gasteiger partial charge in [0.2, 0.25) is 0 Å². The SMILES string of the molecule is CCNC(=NCCCNC(=O)OC(C)(C)C)NC1CCN(c2cccs2)CC1. The van der Waals surface area contributed by atoms with Crippen LogP contribution in [0.25, 0.3) is 0 Å². The zero-order valence-electron chi connectivity index (χ0n) is 17.6. The molecule has 1 aliphatic heterocycles. The van der Waals surface area contributed by atoms with E-state index >= 15 is 0 Å². The molecule has 28 heavy (non-hydrogen) atoms. The summed E-state index contributed by atoms with van der Waals surface area (Å²) < 4.78 is 5.23. The summed E-state index contributed by atoms with van der Waals surface area (Å²) in [6.45, 7) is 11.8. The van der Waals surface area contributed by atoms with Crippen molar-refractivity contribution in [3.8, 4) is 0 Å². The summed E-state index contributed by atoms with van der Waals surface area (Å²) in [5.74, 6) is 0.856. The van der Waals surface area contributed by atoms with E-state index in [0.717, 1.165) is 44.9 Å². The summed E-state index contributed by atoms with van der Waals surface area (Å²) in [6, 6.07) is 4.74. The van der Waals surface area contributed by atoms with Crippen LogP contribution in [0.3, 0.4) is 0 Å². The van der Waals surface area contributed by atoms with Crippen LogP contribution < -0.4 is 20.9 Å². The third-order valence-electron chi connectivity index (χ3n) is 4.27. The third kappa shape index (κ3) is 8.37. The fourth-order valence-electron chi connectivity index (χ4n) is 2.98. The lowest BCUT2D eigenvalue weighted by molar-refractivity contribution is 0.0527. The molecular formula is C20H35N5O2S. The van der Waals surface area contributed by atoms with Gasteiger partial charge in [0.15, 0.2) is 5.96 Å². The molecule has 1 amide bonds. The van der Waals surface area contributed by atoms with Crippen LogP contribution >= 0.6 is 11.3 Å². The molecule has 1 fully saturated rings. The molecule has 1 aromatic heterocycles. The Morgan fingerprint density at radius 1 is 1.32 bits per heavy atom. The Bertz CT molecular complexity index is 605. The van der Waals surface area contributed by atoms with E-state index in [9.17, 15) is 4.79 Å². The van der Waals surface area contributed by atoms with Crippen LogP contribution in [0.5, 0.6) is 0 Å². The van der Waals surface area contributed by atoms with Gasteiger partial charge in [0.05, 0.1) is 5.00 Å². The van der Waals surface area contributed by atoms with Crippen molar-refractivity contribution in [3.05, 3.63) is 17.5 Å². The van der Waals surface area contributed by atoms with Gasteiger partial charge in [-0.05, 0) is 64.5 Å². The van der Waals surface area contributed by atoms with E-state index < -0.39 is 5.60 Å². The Kier molecular flexibility index (Phi) is 8.89. The Morgan fingerprint density at radius 3 is 2.68 bits per heavy atom. The second kappa shape index (κ2) is 11.1. The van der Waals surface area contributed by atoms with Crippen molar-refractivity contribution in [2.45, 2.75) is 58.6 Å². The van der Waals surface area contributed by atoms with E-state index in [0.29, 0.717) is 19.1 Å². The number of ether oxygens (including phenoxy) is 1. The summed E-state index contributed by atoms with van der Waals surface area (Å²) in [5, 5.41) is 13.1. The van der Waals surface area contributed by atoms with E-state index in [2.05, 4.69) is 50.3 Å². The summed E-state index contributed by atoms with van der Waals surface area (Å²) in [7, 11) is 0. The molecule has 0 atom stereocenters. The number of aliphatic imine (C=N–C) groups is 1. The number of thiophene rings is 1. The van der Waals surface area contributed by atoms with E-state index in [1.807, 2.05) is 20.8 Å². The highest BCUT2D eigenvalue weighted by molar-refractivity contribution is 7.14. The molecule has 0 unspecified atom stereocenters. The second-order valence-corrected chi connectivity index (χ2v) is 8.83. The summed E-state index contributed by atoms with van der Waals surface area (Å²) in [5.41, 5.74) is -0.469. The number of hydrogen-bond acceptors (Lipinski definition) is 5. The maximum absolute atomic E-state index is 11.6. The zero-order valence-corrected chi connectivity index (χ0v) is 18.4. The molecule has 3 N–H and O–H groups in total. The average molecular weight is 410 g/mol. The lowest BCUT2D eigenvalue weighted by Crippen LogP contribution is -2.48. The number of alkyl carbamates (subject to hydrolysis) is 1. The topological polar surface area (TPSA) is 78.0 Å². The molecule has 0 saturated carbocycles. The first-order chi connectivity index (χ1) is 13.4. The summed E-state index contributed by atoms with van der Waals surface area (Å²) >= 11 is 1.80. The van der Waals surface area contributed by atoms with Gasteiger partial charge in [0, 0.05) is 38.8 Å². The van der Waals surface area contributed by atoms with Gasteiger partial charge in [0.1, 0.15) is 5.60 Å². The number of nitrogens with one attached hydrogen (secondary N) is 3. The molecule has 8 heteroatoms. The van der Waals surface area contributed by atoms with Gasteiger partial charge in [-0.25, -0.2) is 4.79 Å². The molecule has 2 rings (SSSR count). The Hall–Kier alpha value is -1.96. The predicted molar refractivity (Wildman–Crippen MR) is 118 cm³/mol. The maximum Gasteiger partial charge on any atom is 0.407 e. The van der Waals surface area contributed by atoms with Gasteiger partial charge in [0.25, 0.3) is 0 Å². The lowest BCUT2D eigenvalue weighted by atomic mass is 10.1. The van der Waals surface area contributed by atoms with E-state index in [-0.39, 0.29) is 6.09 Å². The molecule has 1 aromatic rings. The first-order valence-corrected chi connectivity index (χ1v) is 11.1. The number of rotatable bonds is 7. The van der Waals surface area contributed by atoms with Gasteiger partial charge in [-0.15, -0.1) is 11.3 Å². The van der Waals surface area contributed by atoms with Crippen LogP contribution in [-0.4, -0.2) is 56.4 Å². The molecule has 0 bridgehead atoms. The molecule has 1 aliphatic rings. The van der Waals surface area contributed by atoms with Crippen molar-refractivity contribution in [2.24, 2.45) is 4.99 Å². The predicted octanol–water partition coefficient (Wildman–Crippen LogP) is 3.19. The van der Waals surface area contributed by atoms with Crippen molar-refractivity contribution in [3.63, 3.8) is 0 Å². The van der Waals surface area contributed by atoms with Crippen molar-refractivity contribution in [1.29, 1.82) is 0 Å². The lowest BCUT2D eigenvalue weighted by Gasteiger charge is -2.33. The standard InChI is InChI=1S/C20H35N5O2S/c1-5-21-18(22-11-7-12-23-19(26)27-20(2,3)4)24-16-9-13-25(14-10-16)17-8-6-15-28-17/h6,8,15-16H,5,7,9-14H2,1-4H3,(H,23,26)(H2,21,22,24). The Labute approximate surface area is 172 Å². The monoisotopic (exact) mass is 409 g/mol. The number of carbonyl (C=O) groups excluding carboxylic acids is 1. The highest BCUT2D eigenvalue weighted by atomic mass is 32.1. The minimum absolute atomic E-state index is 0.376. The van der Waals surface area contributed by atoms with Crippen LogP contribution in [0.2, 0.25) is 0 Å². The molecule has 0 spiro atoms. The molecule has 0 radical (unpaired) electrons. The number of anilines is 1. The smallest absolute Gasteiger partial charge is 0.407 e. The summed E-state index contributed by atoms with van der Waals surface area (Å²) in [6.07, 6.45) is 2.59. The number of guanidine groups is 1. The van der Waals surface area contributed by atoms with Crippen LogP contribution in [0.15, 0.2) is 22.5 Å². The zero-order chi connectivity index (χ0) is 20.4. The quantitative estimate of drug-likeness (QED) is 0.366. The first-order valence-electron chi connectivity index (χ1n) is 10.2. The minimum atomic E-state index is -0.469. The van der Waals surface area contributed by atoms with Gasteiger partial charge in [-0.1, -0.05) is 0 Å². The Morgan fingerprint density at radius 2 is 2.07 bits per heavy atom.